The van der Waals surface area contributed by atoms with Crippen LogP contribution in [0.15, 0.2) is 66.7 Å². The van der Waals surface area contributed by atoms with Gasteiger partial charge in [-0.2, -0.15) is 0 Å². The number of hydrogen-bond donors (Lipinski definition) is 1. The van der Waals surface area contributed by atoms with Gasteiger partial charge in [-0.25, -0.2) is 8.78 Å². The first kappa shape index (κ1) is 19.4. The van der Waals surface area contributed by atoms with Crippen molar-refractivity contribution in [2.45, 2.75) is 13.0 Å². The molecule has 0 saturated heterocycles. The number of hydrogen-bond acceptors (Lipinski definition) is 3. The highest BCUT2D eigenvalue weighted by Gasteiger charge is 2.25. The number of benzene rings is 3. The van der Waals surface area contributed by atoms with Crippen LogP contribution in [0, 0.1) is 18.6 Å². The third-order valence-corrected chi connectivity index (χ3v) is 4.09. The number of carbonyl (C=O) groups is 1. The van der Waals surface area contributed by atoms with Crippen LogP contribution in [0.5, 0.6) is 11.5 Å². The average Bonchev–Trinajstić information content (AvgIpc) is 2.68. The maximum absolute atomic E-state index is 14.1. The molecule has 0 spiro atoms. The number of methoxy groups -OCH3 is 1. The normalized spacial score (nSPS) is 11.6. The van der Waals surface area contributed by atoms with Crippen LogP contribution in [0.25, 0.3) is 0 Å². The lowest BCUT2D eigenvalue weighted by Gasteiger charge is -2.20. The molecule has 4 nitrogen and oxygen atoms in total. The molecule has 0 aliphatic carbocycles. The van der Waals surface area contributed by atoms with E-state index in [0.29, 0.717) is 23.1 Å². The van der Waals surface area contributed by atoms with E-state index in [1.807, 2.05) is 13.0 Å². The van der Waals surface area contributed by atoms with Crippen LogP contribution in [0.2, 0.25) is 0 Å². The molecule has 0 heterocycles. The minimum Gasteiger partial charge on any atom is -0.495 e. The van der Waals surface area contributed by atoms with E-state index in [-0.39, 0.29) is 5.75 Å². The van der Waals surface area contributed by atoms with Crippen molar-refractivity contribution in [2.24, 2.45) is 0 Å². The van der Waals surface area contributed by atoms with Gasteiger partial charge in [0, 0.05) is 11.6 Å². The molecular formula is C22H19F2NO3. The minimum atomic E-state index is -1.15. The Hall–Kier alpha value is -3.41. The highest BCUT2D eigenvalue weighted by molar-refractivity contribution is 5.96. The second kappa shape index (κ2) is 8.52. The summed E-state index contributed by atoms with van der Waals surface area (Å²) < 4.78 is 38.2. The van der Waals surface area contributed by atoms with Gasteiger partial charge >= 0.3 is 0 Å². The molecule has 0 aliphatic rings. The summed E-state index contributed by atoms with van der Waals surface area (Å²) in [5, 5.41) is 2.77. The van der Waals surface area contributed by atoms with E-state index in [4.69, 9.17) is 9.47 Å². The third-order valence-electron chi connectivity index (χ3n) is 4.09. The van der Waals surface area contributed by atoms with E-state index in [2.05, 4.69) is 5.32 Å². The van der Waals surface area contributed by atoms with Crippen LogP contribution >= 0.6 is 0 Å². The summed E-state index contributed by atoms with van der Waals surface area (Å²) in [5.74, 6) is -1.86. The molecule has 0 bridgehead atoms. The molecule has 3 rings (SSSR count). The Bertz CT molecular complexity index is 977. The number of rotatable bonds is 6. The number of carbonyl (C=O) groups excluding carboxylic acids is 1. The van der Waals surface area contributed by atoms with Gasteiger partial charge in [0.1, 0.15) is 11.6 Å². The molecule has 1 atom stereocenters. The van der Waals surface area contributed by atoms with Gasteiger partial charge in [0.2, 0.25) is 6.10 Å². The Kier molecular flexibility index (Phi) is 5.89. The molecule has 0 aliphatic heterocycles. The van der Waals surface area contributed by atoms with Crippen molar-refractivity contribution >= 4 is 11.6 Å². The zero-order valence-corrected chi connectivity index (χ0v) is 15.4. The van der Waals surface area contributed by atoms with Crippen molar-refractivity contribution in [3.63, 3.8) is 0 Å². The molecule has 144 valence electrons. The second-order valence-corrected chi connectivity index (χ2v) is 6.18. The van der Waals surface area contributed by atoms with Gasteiger partial charge in [-0.05, 0) is 36.8 Å². The first-order chi connectivity index (χ1) is 13.5. The molecule has 0 radical (unpaired) electrons. The lowest BCUT2D eigenvalue weighted by molar-refractivity contribution is -0.123. The summed E-state index contributed by atoms with van der Waals surface area (Å²) in [7, 11) is 1.50. The van der Waals surface area contributed by atoms with E-state index in [1.165, 1.54) is 7.11 Å². The fraction of sp³-hybridized carbons (Fsp3) is 0.136. The van der Waals surface area contributed by atoms with Gasteiger partial charge in [-0.3, -0.25) is 4.79 Å². The Balaban J connectivity index is 1.93. The summed E-state index contributed by atoms with van der Waals surface area (Å²) >= 11 is 0. The number of ether oxygens (including phenoxy) is 2. The average molecular weight is 383 g/mol. The van der Waals surface area contributed by atoms with Crippen molar-refractivity contribution < 1.29 is 23.0 Å². The van der Waals surface area contributed by atoms with Crippen LogP contribution < -0.4 is 14.8 Å². The van der Waals surface area contributed by atoms with Crippen LogP contribution in [0.3, 0.4) is 0 Å². The molecule has 3 aromatic carbocycles. The molecule has 0 saturated carbocycles. The van der Waals surface area contributed by atoms with Crippen LogP contribution in [0.4, 0.5) is 14.5 Å². The Morgan fingerprint density at radius 2 is 1.68 bits per heavy atom. The van der Waals surface area contributed by atoms with Crippen LogP contribution in [-0.4, -0.2) is 13.0 Å². The zero-order chi connectivity index (χ0) is 20.1. The van der Waals surface area contributed by atoms with E-state index in [1.54, 1.807) is 42.5 Å². The summed E-state index contributed by atoms with van der Waals surface area (Å²) in [5.41, 5.74) is 1.92. The largest absolute Gasteiger partial charge is 0.495 e. The quantitative estimate of drug-likeness (QED) is 0.649. The Labute approximate surface area is 161 Å². The zero-order valence-electron chi connectivity index (χ0n) is 15.4. The highest BCUT2D eigenvalue weighted by atomic mass is 19.1. The van der Waals surface area contributed by atoms with E-state index in [9.17, 15) is 13.6 Å². The van der Waals surface area contributed by atoms with E-state index >= 15 is 0 Å². The molecule has 1 amide bonds. The van der Waals surface area contributed by atoms with Gasteiger partial charge < -0.3 is 14.8 Å². The maximum Gasteiger partial charge on any atom is 0.270 e. The van der Waals surface area contributed by atoms with Gasteiger partial charge in [0.05, 0.1) is 12.8 Å². The summed E-state index contributed by atoms with van der Waals surface area (Å²) in [6.45, 7) is 1.88. The third kappa shape index (κ3) is 4.46. The topological polar surface area (TPSA) is 47.6 Å². The Morgan fingerprint density at radius 3 is 2.36 bits per heavy atom. The summed E-state index contributed by atoms with van der Waals surface area (Å²) in [6, 6.07) is 17.0. The van der Waals surface area contributed by atoms with Crippen molar-refractivity contribution in [3.8, 4) is 11.5 Å². The Morgan fingerprint density at radius 1 is 0.964 bits per heavy atom. The summed E-state index contributed by atoms with van der Waals surface area (Å²) in [6.07, 6.45) is -1.15. The molecule has 1 N–H and O–H groups in total. The van der Waals surface area contributed by atoms with E-state index in [0.717, 1.165) is 17.7 Å². The fourth-order valence-corrected chi connectivity index (χ4v) is 2.72. The fourth-order valence-electron chi connectivity index (χ4n) is 2.72. The minimum absolute atomic E-state index is 0.221. The standard InChI is InChI=1S/C22H19F2NO3/c1-14-8-10-20(27-2)18(12-14)25-22(26)21(15-6-4-3-5-7-15)28-19-11-9-16(23)13-17(19)24/h3-13,21H,1-2H3,(H,25,26). The van der Waals surface area contributed by atoms with Crippen molar-refractivity contribution in [2.75, 3.05) is 12.4 Å². The van der Waals surface area contributed by atoms with Crippen LogP contribution in [0.1, 0.15) is 17.2 Å². The molecule has 28 heavy (non-hydrogen) atoms. The molecule has 0 aromatic heterocycles. The van der Waals surface area contributed by atoms with Crippen molar-refractivity contribution in [1.29, 1.82) is 0 Å². The lowest BCUT2D eigenvalue weighted by atomic mass is 10.1. The molecule has 0 fully saturated rings. The number of amides is 1. The first-order valence-electron chi connectivity index (χ1n) is 8.60. The number of halogens is 2. The smallest absolute Gasteiger partial charge is 0.270 e. The van der Waals surface area contributed by atoms with Crippen molar-refractivity contribution in [1.82, 2.24) is 0 Å². The second-order valence-electron chi connectivity index (χ2n) is 6.18. The number of anilines is 1. The van der Waals surface area contributed by atoms with Crippen LogP contribution in [-0.2, 0) is 4.79 Å². The number of aryl methyl sites for hydroxylation is 1. The first-order valence-corrected chi connectivity index (χ1v) is 8.60. The number of nitrogens with one attached hydrogen (secondary N) is 1. The SMILES string of the molecule is COc1ccc(C)cc1NC(=O)C(Oc1ccc(F)cc1F)c1ccccc1. The molecule has 3 aromatic rings. The molecular weight excluding hydrogens is 364 g/mol. The predicted molar refractivity (Wildman–Crippen MR) is 103 cm³/mol. The van der Waals surface area contributed by atoms with E-state index < -0.39 is 23.6 Å². The van der Waals surface area contributed by atoms with Gasteiger partial charge in [0.15, 0.2) is 11.6 Å². The predicted octanol–water partition coefficient (Wildman–Crippen LogP) is 5.04. The van der Waals surface area contributed by atoms with Gasteiger partial charge in [-0.1, -0.05) is 36.4 Å². The van der Waals surface area contributed by atoms with Gasteiger partial charge in [-0.15, -0.1) is 0 Å². The lowest BCUT2D eigenvalue weighted by Crippen LogP contribution is -2.26. The molecule has 6 heteroatoms. The molecule has 1 unspecified atom stereocenters. The van der Waals surface area contributed by atoms with Gasteiger partial charge in [0.25, 0.3) is 5.91 Å². The summed E-state index contributed by atoms with van der Waals surface area (Å²) in [4.78, 5) is 13.0. The van der Waals surface area contributed by atoms with Crippen molar-refractivity contribution in [3.05, 3.63) is 89.5 Å². The monoisotopic (exact) mass is 383 g/mol. The highest BCUT2D eigenvalue weighted by Crippen LogP contribution is 2.29. The maximum atomic E-state index is 14.1.